The van der Waals surface area contributed by atoms with Crippen molar-refractivity contribution in [1.82, 2.24) is 5.43 Å². The van der Waals surface area contributed by atoms with Crippen molar-refractivity contribution >= 4 is 51.2 Å². The van der Waals surface area contributed by atoms with Crippen LogP contribution in [-0.4, -0.2) is 31.7 Å². The lowest BCUT2D eigenvalue weighted by Crippen LogP contribution is -2.24. The summed E-state index contributed by atoms with van der Waals surface area (Å²) < 4.78 is 11.7. The molecule has 0 heterocycles. The number of methoxy groups -OCH3 is 1. The third-order valence-electron chi connectivity index (χ3n) is 3.57. The topological polar surface area (TPSA) is 89.0 Å². The Labute approximate surface area is 182 Å². The molecule has 2 aromatic rings. The number of hydrogen-bond donors (Lipinski definition) is 2. The van der Waals surface area contributed by atoms with E-state index in [0.29, 0.717) is 38.9 Å². The van der Waals surface area contributed by atoms with Gasteiger partial charge in [0, 0.05) is 0 Å². The molecule has 0 saturated carbocycles. The number of nitrogens with one attached hydrogen (secondary N) is 2. The summed E-state index contributed by atoms with van der Waals surface area (Å²) in [5.74, 6) is 0.0962. The maximum Gasteiger partial charge on any atom is 0.249 e. The van der Waals surface area contributed by atoms with Gasteiger partial charge in [0.25, 0.3) is 0 Å². The zero-order chi connectivity index (χ0) is 21.2. The van der Waals surface area contributed by atoms with Gasteiger partial charge in [-0.15, -0.1) is 0 Å². The van der Waals surface area contributed by atoms with Gasteiger partial charge in [-0.05, 0) is 52.2 Å². The van der Waals surface area contributed by atoms with Gasteiger partial charge >= 0.3 is 0 Å². The van der Waals surface area contributed by atoms with E-state index in [1.54, 1.807) is 43.5 Å². The molecule has 2 rings (SSSR count). The molecule has 0 aliphatic heterocycles. The maximum atomic E-state index is 11.9. The number of amides is 2. The molecule has 2 amide bonds. The molecule has 0 spiro atoms. The minimum atomic E-state index is -0.556. The number of anilines is 1. The van der Waals surface area contributed by atoms with E-state index >= 15 is 0 Å². The normalized spacial score (nSPS) is 10.6. The maximum absolute atomic E-state index is 11.9. The van der Waals surface area contributed by atoms with Gasteiger partial charge in [0.15, 0.2) is 11.5 Å². The van der Waals surface area contributed by atoms with E-state index in [-0.39, 0.29) is 6.42 Å². The lowest BCUT2D eigenvalue weighted by molar-refractivity contribution is -0.126. The second kappa shape index (κ2) is 11.4. The summed E-state index contributed by atoms with van der Waals surface area (Å²) in [4.78, 5) is 23.8. The fourth-order valence-electron chi connectivity index (χ4n) is 2.28. The summed E-state index contributed by atoms with van der Waals surface area (Å²) in [6.07, 6.45) is 1.93. The Morgan fingerprint density at radius 3 is 2.69 bits per heavy atom. The minimum Gasteiger partial charge on any atom is -0.493 e. The minimum absolute atomic E-state index is 0.390. The number of rotatable bonds is 9. The summed E-state index contributed by atoms with van der Waals surface area (Å²) in [6, 6.07) is 10.3. The molecule has 0 saturated heterocycles. The molecule has 2 aromatic carbocycles. The molecule has 0 unspecified atom stereocenters. The van der Waals surface area contributed by atoms with Crippen LogP contribution in [0.1, 0.15) is 25.3 Å². The summed E-state index contributed by atoms with van der Waals surface area (Å²) in [5, 5.41) is 6.85. The van der Waals surface area contributed by atoms with Crippen LogP contribution in [0, 0.1) is 0 Å². The van der Waals surface area contributed by atoms with Gasteiger partial charge in [0.05, 0.1) is 35.1 Å². The monoisotopic (exact) mass is 481 g/mol. The number of hydrazone groups is 1. The quantitative estimate of drug-likeness (QED) is 0.315. The third kappa shape index (κ3) is 7.07. The molecule has 0 aliphatic carbocycles. The molecule has 0 bridgehead atoms. The van der Waals surface area contributed by atoms with Crippen molar-refractivity contribution in [2.75, 3.05) is 19.0 Å². The van der Waals surface area contributed by atoms with Crippen LogP contribution in [0.15, 0.2) is 46.0 Å². The van der Waals surface area contributed by atoms with E-state index < -0.39 is 11.8 Å². The number of halogens is 2. The highest BCUT2D eigenvalue weighted by Gasteiger charge is 2.12. The van der Waals surface area contributed by atoms with Crippen LogP contribution in [0.2, 0.25) is 5.02 Å². The molecule has 154 valence electrons. The lowest BCUT2D eigenvalue weighted by Gasteiger charge is -2.12. The number of benzene rings is 2. The van der Waals surface area contributed by atoms with Crippen molar-refractivity contribution in [3.63, 3.8) is 0 Å². The van der Waals surface area contributed by atoms with Crippen molar-refractivity contribution in [3.8, 4) is 11.5 Å². The Morgan fingerprint density at radius 1 is 1.24 bits per heavy atom. The lowest BCUT2D eigenvalue weighted by atomic mass is 10.2. The molecule has 0 atom stereocenters. The van der Waals surface area contributed by atoms with Gasteiger partial charge in [-0.2, -0.15) is 5.10 Å². The standard InChI is InChI=1S/C20H21BrClN3O4/c1-3-8-29-20-14(21)9-13(10-17(20)28-2)12-23-25-19(27)11-18(26)24-16-7-5-4-6-15(16)22/h4-7,9-10,12H,3,8,11H2,1-2H3,(H,24,26)(H,25,27). The van der Waals surface area contributed by atoms with Crippen molar-refractivity contribution in [3.05, 3.63) is 51.5 Å². The van der Waals surface area contributed by atoms with Crippen LogP contribution in [0.25, 0.3) is 0 Å². The Hall–Kier alpha value is -2.58. The molecule has 7 nitrogen and oxygen atoms in total. The van der Waals surface area contributed by atoms with Gasteiger partial charge in [-0.3, -0.25) is 9.59 Å². The first kappa shape index (κ1) is 22.7. The average molecular weight is 483 g/mol. The number of nitrogens with zero attached hydrogens (tertiary/aromatic N) is 1. The summed E-state index contributed by atoms with van der Waals surface area (Å²) in [5.41, 5.74) is 3.44. The SMILES string of the molecule is CCCOc1c(Br)cc(C=NNC(=O)CC(=O)Nc2ccccc2Cl)cc1OC. The number of carbonyl (C=O) groups excluding carboxylic acids is 2. The molecule has 29 heavy (non-hydrogen) atoms. The smallest absolute Gasteiger partial charge is 0.249 e. The van der Waals surface area contributed by atoms with Gasteiger partial charge in [-0.25, -0.2) is 5.43 Å². The van der Waals surface area contributed by atoms with Crippen LogP contribution >= 0.6 is 27.5 Å². The fourth-order valence-corrected chi connectivity index (χ4v) is 3.04. The van der Waals surface area contributed by atoms with Crippen LogP contribution in [0.5, 0.6) is 11.5 Å². The van der Waals surface area contributed by atoms with Crippen molar-refractivity contribution in [1.29, 1.82) is 0 Å². The van der Waals surface area contributed by atoms with E-state index in [0.717, 1.165) is 6.42 Å². The van der Waals surface area contributed by atoms with Crippen molar-refractivity contribution in [2.45, 2.75) is 19.8 Å². The first-order chi connectivity index (χ1) is 13.9. The Bertz CT molecular complexity index is 905. The molecule has 0 fully saturated rings. The highest BCUT2D eigenvalue weighted by atomic mass is 79.9. The van der Waals surface area contributed by atoms with E-state index in [9.17, 15) is 9.59 Å². The molecule has 9 heteroatoms. The highest BCUT2D eigenvalue weighted by molar-refractivity contribution is 9.10. The fraction of sp³-hybridized carbons (Fsp3) is 0.250. The zero-order valence-electron chi connectivity index (χ0n) is 16.0. The summed E-state index contributed by atoms with van der Waals surface area (Å²) >= 11 is 9.41. The highest BCUT2D eigenvalue weighted by Crippen LogP contribution is 2.36. The molecule has 2 N–H and O–H groups in total. The van der Waals surface area contributed by atoms with E-state index in [1.807, 2.05) is 6.92 Å². The Balaban J connectivity index is 1.93. The first-order valence-electron chi connectivity index (χ1n) is 8.81. The van der Waals surface area contributed by atoms with E-state index in [1.165, 1.54) is 6.21 Å². The van der Waals surface area contributed by atoms with Crippen LogP contribution < -0.4 is 20.2 Å². The predicted molar refractivity (Wildman–Crippen MR) is 117 cm³/mol. The van der Waals surface area contributed by atoms with Crippen molar-refractivity contribution < 1.29 is 19.1 Å². The average Bonchev–Trinajstić information content (AvgIpc) is 2.68. The van der Waals surface area contributed by atoms with Gasteiger partial charge in [0.2, 0.25) is 11.8 Å². The van der Waals surface area contributed by atoms with Crippen LogP contribution in [0.4, 0.5) is 5.69 Å². The number of para-hydroxylation sites is 1. The second-order valence-corrected chi connectivity index (χ2v) is 7.14. The zero-order valence-corrected chi connectivity index (χ0v) is 18.3. The molecule has 0 aromatic heterocycles. The molecule has 0 aliphatic rings. The first-order valence-corrected chi connectivity index (χ1v) is 9.98. The molecular formula is C20H21BrClN3O4. The predicted octanol–water partition coefficient (Wildman–Crippen LogP) is 4.38. The second-order valence-electron chi connectivity index (χ2n) is 5.88. The largest absolute Gasteiger partial charge is 0.493 e. The Kier molecular flexibility index (Phi) is 8.95. The van der Waals surface area contributed by atoms with E-state index in [4.69, 9.17) is 21.1 Å². The number of hydrogen-bond acceptors (Lipinski definition) is 5. The summed E-state index contributed by atoms with van der Waals surface area (Å²) in [7, 11) is 1.54. The molecule has 0 radical (unpaired) electrons. The van der Waals surface area contributed by atoms with E-state index in [2.05, 4.69) is 31.8 Å². The number of ether oxygens (including phenoxy) is 2. The number of carbonyl (C=O) groups is 2. The summed E-state index contributed by atoms with van der Waals surface area (Å²) in [6.45, 7) is 2.58. The van der Waals surface area contributed by atoms with Gasteiger partial charge < -0.3 is 14.8 Å². The van der Waals surface area contributed by atoms with Crippen LogP contribution in [-0.2, 0) is 9.59 Å². The van der Waals surface area contributed by atoms with Crippen LogP contribution in [0.3, 0.4) is 0 Å². The van der Waals surface area contributed by atoms with Gasteiger partial charge in [-0.1, -0.05) is 30.7 Å². The third-order valence-corrected chi connectivity index (χ3v) is 4.49. The van der Waals surface area contributed by atoms with Crippen molar-refractivity contribution in [2.24, 2.45) is 5.10 Å². The van der Waals surface area contributed by atoms with Gasteiger partial charge in [0.1, 0.15) is 6.42 Å². The molecular weight excluding hydrogens is 462 g/mol. The Morgan fingerprint density at radius 2 is 2.00 bits per heavy atom.